The van der Waals surface area contributed by atoms with E-state index < -0.39 is 10.0 Å². The van der Waals surface area contributed by atoms with Crippen LogP contribution < -0.4 is 4.72 Å². The van der Waals surface area contributed by atoms with E-state index in [1.54, 1.807) is 13.0 Å². The molecule has 4 heteroatoms. The third-order valence-corrected chi connectivity index (χ3v) is 4.10. The van der Waals surface area contributed by atoms with Crippen molar-refractivity contribution >= 4 is 10.0 Å². The molecule has 1 rings (SSSR count). The number of sulfonamides is 1. The Balaban J connectivity index is 3.33. The molecule has 3 nitrogen and oxygen atoms in total. The highest BCUT2D eigenvalue weighted by Gasteiger charge is 2.16. The van der Waals surface area contributed by atoms with Crippen LogP contribution in [0.15, 0.2) is 17.0 Å². The Labute approximate surface area is 91.6 Å². The number of rotatable bonds is 3. The van der Waals surface area contributed by atoms with Gasteiger partial charge in [-0.15, -0.1) is 0 Å². The van der Waals surface area contributed by atoms with Crippen LogP contribution >= 0.6 is 0 Å². The third kappa shape index (κ3) is 2.58. The summed E-state index contributed by atoms with van der Waals surface area (Å²) < 4.78 is 26.1. The van der Waals surface area contributed by atoms with Crippen LogP contribution in [0.2, 0.25) is 0 Å². The summed E-state index contributed by atoms with van der Waals surface area (Å²) >= 11 is 0. The van der Waals surface area contributed by atoms with Gasteiger partial charge in [-0.3, -0.25) is 0 Å². The van der Waals surface area contributed by atoms with Crippen LogP contribution in [0.1, 0.15) is 23.6 Å². The van der Waals surface area contributed by atoms with Gasteiger partial charge >= 0.3 is 0 Å². The van der Waals surface area contributed by atoms with Gasteiger partial charge in [0.25, 0.3) is 0 Å². The highest BCUT2D eigenvalue weighted by atomic mass is 32.2. The van der Waals surface area contributed by atoms with E-state index in [1.807, 2.05) is 26.8 Å². The molecule has 1 aromatic rings. The van der Waals surface area contributed by atoms with E-state index >= 15 is 0 Å². The second-order valence-electron chi connectivity index (χ2n) is 3.70. The Morgan fingerprint density at radius 2 is 1.60 bits per heavy atom. The fraction of sp³-hybridized carbons (Fsp3) is 0.455. The Morgan fingerprint density at radius 3 is 2.13 bits per heavy atom. The van der Waals surface area contributed by atoms with Gasteiger partial charge in [0, 0.05) is 6.54 Å². The van der Waals surface area contributed by atoms with Crippen molar-refractivity contribution in [3.8, 4) is 0 Å². The van der Waals surface area contributed by atoms with Gasteiger partial charge in [-0.1, -0.05) is 13.0 Å². The van der Waals surface area contributed by atoms with Crippen LogP contribution in [0.25, 0.3) is 0 Å². The van der Waals surface area contributed by atoms with Gasteiger partial charge in [0.2, 0.25) is 10.0 Å². The molecule has 0 aliphatic heterocycles. The van der Waals surface area contributed by atoms with Crippen LogP contribution in [0.5, 0.6) is 0 Å². The zero-order valence-corrected chi connectivity index (χ0v) is 10.4. The van der Waals surface area contributed by atoms with E-state index in [0.717, 1.165) is 16.7 Å². The quantitative estimate of drug-likeness (QED) is 0.857. The summed E-state index contributed by atoms with van der Waals surface area (Å²) in [5.74, 6) is 0. The van der Waals surface area contributed by atoms with Gasteiger partial charge in [-0.05, 0) is 43.5 Å². The number of hydrogen-bond acceptors (Lipinski definition) is 2. The molecule has 0 atom stereocenters. The molecule has 0 aliphatic carbocycles. The SMILES string of the molecule is CCNS(=O)(=O)c1cc(C)c(C)cc1C. The molecule has 0 aliphatic rings. The second kappa shape index (κ2) is 4.33. The average molecular weight is 227 g/mol. The van der Waals surface area contributed by atoms with Gasteiger partial charge in [0.1, 0.15) is 0 Å². The number of hydrogen-bond donors (Lipinski definition) is 1. The van der Waals surface area contributed by atoms with Crippen LogP contribution in [0.3, 0.4) is 0 Å². The third-order valence-electron chi connectivity index (χ3n) is 2.42. The molecular formula is C11H17NO2S. The summed E-state index contributed by atoms with van der Waals surface area (Å²) in [5.41, 5.74) is 2.90. The smallest absolute Gasteiger partial charge is 0.211 e. The molecule has 15 heavy (non-hydrogen) atoms. The topological polar surface area (TPSA) is 46.2 Å². The Morgan fingerprint density at radius 1 is 1.07 bits per heavy atom. The first-order valence-corrected chi connectivity index (χ1v) is 6.44. The molecule has 0 spiro atoms. The standard InChI is InChI=1S/C11H17NO2S/c1-5-12-15(13,14)11-7-9(3)8(2)6-10(11)4/h6-7,12H,5H2,1-4H3. The first-order chi connectivity index (χ1) is 6.88. The molecular weight excluding hydrogens is 210 g/mol. The van der Waals surface area contributed by atoms with Crippen LogP contribution in [-0.2, 0) is 10.0 Å². The van der Waals surface area contributed by atoms with Crippen molar-refractivity contribution in [1.29, 1.82) is 0 Å². The van der Waals surface area contributed by atoms with Crippen molar-refractivity contribution in [2.24, 2.45) is 0 Å². The minimum Gasteiger partial charge on any atom is -0.211 e. The fourth-order valence-electron chi connectivity index (χ4n) is 1.49. The normalized spacial score (nSPS) is 11.7. The molecule has 0 aromatic heterocycles. The van der Waals surface area contributed by atoms with Crippen molar-refractivity contribution in [3.05, 3.63) is 28.8 Å². The van der Waals surface area contributed by atoms with E-state index in [0.29, 0.717) is 11.4 Å². The molecule has 0 radical (unpaired) electrons. The number of nitrogens with one attached hydrogen (secondary N) is 1. The highest BCUT2D eigenvalue weighted by molar-refractivity contribution is 7.89. The van der Waals surface area contributed by atoms with E-state index in [1.165, 1.54) is 0 Å². The lowest BCUT2D eigenvalue weighted by atomic mass is 10.1. The number of benzene rings is 1. The Kier molecular flexibility index (Phi) is 3.52. The van der Waals surface area contributed by atoms with Gasteiger partial charge in [0.05, 0.1) is 4.90 Å². The maximum Gasteiger partial charge on any atom is 0.240 e. The molecule has 0 saturated carbocycles. The molecule has 0 unspecified atom stereocenters. The van der Waals surface area contributed by atoms with Gasteiger partial charge in [-0.2, -0.15) is 0 Å². The lowest BCUT2D eigenvalue weighted by molar-refractivity contribution is 0.583. The highest BCUT2D eigenvalue weighted by Crippen LogP contribution is 2.19. The van der Waals surface area contributed by atoms with Crippen molar-refractivity contribution in [3.63, 3.8) is 0 Å². The Bertz CT molecular complexity index is 464. The fourth-order valence-corrected chi connectivity index (χ4v) is 2.84. The van der Waals surface area contributed by atoms with Crippen LogP contribution in [0.4, 0.5) is 0 Å². The monoisotopic (exact) mass is 227 g/mol. The van der Waals surface area contributed by atoms with Gasteiger partial charge in [0.15, 0.2) is 0 Å². The van der Waals surface area contributed by atoms with E-state index in [4.69, 9.17) is 0 Å². The van der Waals surface area contributed by atoms with E-state index in [2.05, 4.69) is 4.72 Å². The summed E-state index contributed by atoms with van der Waals surface area (Å²) in [5, 5.41) is 0. The number of aryl methyl sites for hydroxylation is 3. The second-order valence-corrected chi connectivity index (χ2v) is 5.44. The molecule has 84 valence electrons. The minimum absolute atomic E-state index is 0.382. The average Bonchev–Trinajstić information content (AvgIpc) is 2.11. The molecule has 0 bridgehead atoms. The maximum atomic E-state index is 11.8. The van der Waals surface area contributed by atoms with Crippen LogP contribution in [-0.4, -0.2) is 15.0 Å². The molecule has 0 heterocycles. The van der Waals surface area contributed by atoms with Crippen molar-refractivity contribution < 1.29 is 8.42 Å². The lowest BCUT2D eigenvalue weighted by Gasteiger charge is -2.10. The van der Waals surface area contributed by atoms with E-state index in [-0.39, 0.29) is 0 Å². The van der Waals surface area contributed by atoms with Crippen molar-refractivity contribution in [2.45, 2.75) is 32.6 Å². The first kappa shape index (κ1) is 12.2. The maximum absolute atomic E-state index is 11.8. The zero-order valence-electron chi connectivity index (χ0n) is 9.59. The zero-order chi connectivity index (χ0) is 11.6. The predicted molar refractivity (Wildman–Crippen MR) is 61.5 cm³/mol. The molecule has 1 N–H and O–H groups in total. The summed E-state index contributed by atoms with van der Waals surface area (Å²) in [6, 6.07) is 3.63. The molecule has 1 aromatic carbocycles. The summed E-state index contributed by atoms with van der Waals surface area (Å²) in [6.45, 7) is 7.89. The summed E-state index contributed by atoms with van der Waals surface area (Å²) in [6.07, 6.45) is 0. The molecule has 0 saturated heterocycles. The first-order valence-electron chi connectivity index (χ1n) is 4.96. The van der Waals surface area contributed by atoms with Crippen molar-refractivity contribution in [2.75, 3.05) is 6.54 Å². The van der Waals surface area contributed by atoms with Crippen LogP contribution in [0, 0.1) is 20.8 Å². The van der Waals surface area contributed by atoms with Crippen molar-refractivity contribution in [1.82, 2.24) is 4.72 Å². The lowest BCUT2D eigenvalue weighted by Crippen LogP contribution is -2.24. The van der Waals surface area contributed by atoms with Gasteiger partial charge in [-0.25, -0.2) is 13.1 Å². The molecule has 0 amide bonds. The summed E-state index contributed by atoms with van der Waals surface area (Å²) in [4.78, 5) is 0.382. The summed E-state index contributed by atoms with van der Waals surface area (Å²) in [7, 11) is -3.33. The molecule has 0 fully saturated rings. The Hall–Kier alpha value is -0.870. The largest absolute Gasteiger partial charge is 0.240 e. The minimum atomic E-state index is -3.33. The van der Waals surface area contributed by atoms with E-state index in [9.17, 15) is 8.42 Å². The predicted octanol–water partition coefficient (Wildman–Crippen LogP) is 1.91. The van der Waals surface area contributed by atoms with Gasteiger partial charge < -0.3 is 0 Å².